The number of nitrogens with zero attached hydrogens (tertiary/aromatic N) is 1. The summed E-state index contributed by atoms with van der Waals surface area (Å²) in [4.78, 5) is 10.9. The molecule has 0 fully saturated rings. The van der Waals surface area contributed by atoms with E-state index in [0.29, 0.717) is 5.75 Å². The minimum atomic E-state index is -3.90. The van der Waals surface area contributed by atoms with E-state index in [-0.39, 0.29) is 11.4 Å². The van der Waals surface area contributed by atoms with Crippen molar-refractivity contribution in [3.05, 3.63) is 64.2 Å². The van der Waals surface area contributed by atoms with E-state index in [9.17, 15) is 18.5 Å². The fourth-order valence-electron chi connectivity index (χ4n) is 1.89. The van der Waals surface area contributed by atoms with Crippen LogP contribution in [0.2, 0.25) is 0 Å². The molecule has 1 N–H and O–H groups in total. The van der Waals surface area contributed by atoms with Crippen LogP contribution in [0, 0.1) is 17.0 Å². The highest BCUT2D eigenvalue weighted by Crippen LogP contribution is 2.23. The predicted molar refractivity (Wildman–Crippen MR) is 90.2 cm³/mol. The van der Waals surface area contributed by atoms with Gasteiger partial charge in [0.25, 0.3) is 5.69 Å². The number of hydrogen-bond donors (Lipinski definition) is 1. The standard InChI is InChI=1S/C15H16N2O4S2/c1-12-6-8-13(9-7-12)22-11-10-16-23(20,21)15-5-3-2-4-14(15)17(18)19/h2-9,16H,10-11H2,1H3. The number of nitro groups is 1. The molecule has 0 heterocycles. The summed E-state index contributed by atoms with van der Waals surface area (Å²) in [6.45, 7) is 2.18. The lowest BCUT2D eigenvalue weighted by molar-refractivity contribution is -0.387. The summed E-state index contributed by atoms with van der Waals surface area (Å²) in [5, 5.41) is 10.9. The lowest BCUT2D eigenvalue weighted by Crippen LogP contribution is -2.26. The fourth-order valence-corrected chi connectivity index (χ4v) is 3.99. The van der Waals surface area contributed by atoms with Crippen LogP contribution in [0.4, 0.5) is 5.69 Å². The lowest BCUT2D eigenvalue weighted by Gasteiger charge is -2.07. The molecule has 0 amide bonds. The van der Waals surface area contributed by atoms with Gasteiger partial charge in [0.2, 0.25) is 10.0 Å². The largest absolute Gasteiger partial charge is 0.289 e. The molecule has 0 aromatic heterocycles. The Morgan fingerprint density at radius 1 is 1.13 bits per heavy atom. The maximum atomic E-state index is 12.2. The third-order valence-electron chi connectivity index (χ3n) is 3.04. The van der Waals surface area contributed by atoms with E-state index in [4.69, 9.17) is 0 Å². The van der Waals surface area contributed by atoms with Crippen LogP contribution in [0.5, 0.6) is 0 Å². The van der Waals surface area contributed by atoms with E-state index < -0.39 is 20.6 Å². The summed E-state index contributed by atoms with van der Waals surface area (Å²) in [5.41, 5.74) is 0.734. The number of aryl methyl sites for hydroxylation is 1. The molecule has 0 radical (unpaired) electrons. The Hall–Kier alpha value is -1.90. The lowest BCUT2D eigenvalue weighted by atomic mass is 10.2. The molecule has 23 heavy (non-hydrogen) atoms. The van der Waals surface area contributed by atoms with Gasteiger partial charge in [0.1, 0.15) is 0 Å². The molecule has 2 aromatic rings. The van der Waals surface area contributed by atoms with Gasteiger partial charge in [-0.15, -0.1) is 11.8 Å². The zero-order valence-corrected chi connectivity index (χ0v) is 14.1. The minimum absolute atomic E-state index is 0.187. The highest BCUT2D eigenvalue weighted by Gasteiger charge is 2.24. The van der Waals surface area contributed by atoms with Gasteiger partial charge in [-0.1, -0.05) is 29.8 Å². The van der Waals surface area contributed by atoms with Crippen molar-refractivity contribution in [2.45, 2.75) is 16.7 Å². The van der Waals surface area contributed by atoms with Crippen molar-refractivity contribution in [3.8, 4) is 0 Å². The SMILES string of the molecule is Cc1ccc(SCCNS(=O)(=O)c2ccccc2[N+](=O)[O-])cc1. The normalized spacial score (nSPS) is 11.3. The molecular weight excluding hydrogens is 336 g/mol. The second kappa shape index (κ2) is 7.58. The average Bonchev–Trinajstić information content (AvgIpc) is 2.53. The number of rotatable bonds is 7. The second-order valence-corrected chi connectivity index (χ2v) is 7.69. The first-order valence-electron chi connectivity index (χ1n) is 6.83. The van der Waals surface area contributed by atoms with E-state index in [1.54, 1.807) is 0 Å². The Balaban J connectivity index is 1.97. The van der Waals surface area contributed by atoms with Crippen LogP contribution in [0.25, 0.3) is 0 Å². The molecule has 0 atom stereocenters. The molecule has 0 saturated carbocycles. The van der Waals surface area contributed by atoms with Gasteiger partial charge in [-0.3, -0.25) is 10.1 Å². The summed E-state index contributed by atoms with van der Waals surface area (Å²) in [5.74, 6) is 0.531. The van der Waals surface area contributed by atoms with Gasteiger partial charge >= 0.3 is 0 Å². The Labute approximate surface area is 139 Å². The molecule has 0 bridgehead atoms. The van der Waals surface area contributed by atoms with Crippen LogP contribution in [0.1, 0.15) is 5.56 Å². The van der Waals surface area contributed by atoms with Crippen LogP contribution in [0.3, 0.4) is 0 Å². The predicted octanol–water partition coefficient (Wildman–Crippen LogP) is 2.97. The van der Waals surface area contributed by atoms with Gasteiger partial charge in [-0.2, -0.15) is 0 Å². The van der Waals surface area contributed by atoms with Gasteiger partial charge in [0.05, 0.1) is 4.92 Å². The van der Waals surface area contributed by atoms with Crippen molar-refractivity contribution >= 4 is 27.5 Å². The summed E-state index contributed by atoms with van der Waals surface area (Å²) in [6.07, 6.45) is 0. The highest BCUT2D eigenvalue weighted by molar-refractivity contribution is 7.99. The smallest absolute Gasteiger partial charge is 0.258 e. The number of sulfonamides is 1. The monoisotopic (exact) mass is 352 g/mol. The van der Waals surface area contributed by atoms with Gasteiger partial charge in [0.15, 0.2) is 4.90 Å². The van der Waals surface area contributed by atoms with Gasteiger partial charge in [-0.05, 0) is 25.1 Å². The molecule has 0 aliphatic rings. The minimum Gasteiger partial charge on any atom is -0.258 e. The molecule has 8 heteroatoms. The van der Waals surface area contributed by atoms with Crippen LogP contribution in [-0.2, 0) is 10.0 Å². The van der Waals surface area contributed by atoms with Gasteiger partial charge in [0, 0.05) is 23.3 Å². The highest BCUT2D eigenvalue weighted by atomic mass is 32.2. The molecule has 0 spiro atoms. The topological polar surface area (TPSA) is 89.3 Å². The number of hydrogen-bond acceptors (Lipinski definition) is 5. The number of nitro benzene ring substituents is 1. The summed E-state index contributed by atoms with van der Waals surface area (Å²) in [7, 11) is -3.90. The zero-order valence-electron chi connectivity index (χ0n) is 12.4. The molecule has 0 unspecified atom stereocenters. The Bertz CT molecular complexity index is 789. The molecule has 122 valence electrons. The number of thioether (sulfide) groups is 1. The van der Waals surface area contributed by atoms with E-state index in [1.807, 2.05) is 31.2 Å². The van der Waals surface area contributed by atoms with Crippen LogP contribution < -0.4 is 4.72 Å². The summed E-state index contributed by atoms with van der Waals surface area (Å²) < 4.78 is 26.8. The van der Waals surface area contributed by atoms with Crippen molar-refractivity contribution in [3.63, 3.8) is 0 Å². The third kappa shape index (κ3) is 4.78. The first-order chi connectivity index (χ1) is 10.9. The quantitative estimate of drug-likeness (QED) is 0.358. The summed E-state index contributed by atoms with van der Waals surface area (Å²) in [6, 6.07) is 13.2. The van der Waals surface area contributed by atoms with Gasteiger partial charge in [-0.25, -0.2) is 13.1 Å². The average molecular weight is 352 g/mol. The molecule has 6 nitrogen and oxygen atoms in total. The van der Waals surface area contributed by atoms with Crippen LogP contribution in [-0.4, -0.2) is 25.6 Å². The van der Waals surface area contributed by atoms with E-state index in [1.165, 1.54) is 36.0 Å². The first kappa shape index (κ1) is 17.5. The Morgan fingerprint density at radius 3 is 2.43 bits per heavy atom. The fraction of sp³-hybridized carbons (Fsp3) is 0.200. The Morgan fingerprint density at radius 2 is 1.78 bits per heavy atom. The van der Waals surface area contributed by atoms with Crippen molar-refractivity contribution in [2.75, 3.05) is 12.3 Å². The molecule has 0 saturated heterocycles. The number of benzene rings is 2. The zero-order chi connectivity index (χ0) is 16.9. The van der Waals surface area contributed by atoms with Crippen molar-refractivity contribution in [1.29, 1.82) is 0 Å². The molecular formula is C15H16N2O4S2. The number of nitrogens with one attached hydrogen (secondary N) is 1. The van der Waals surface area contributed by atoms with E-state index in [2.05, 4.69) is 4.72 Å². The molecule has 0 aliphatic heterocycles. The van der Waals surface area contributed by atoms with Crippen molar-refractivity contribution in [2.24, 2.45) is 0 Å². The van der Waals surface area contributed by atoms with Crippen molar-refractivity contribution in [1.82, 2.24) is 4.72 Å². The first-order valence-corrected chi connectivity index (χ1v) is 9.29. The number of para-hydroxylation sites is 1. The van der Waals surface area contributed by atoms with Crippen LogP contribution >= 0.6 is 11.8 Å². The second-order valence-electron chi connectivity index (χ2n) is 4.78. The Kier molecular flexibility index (Phi) is 5.75. The van der Waals surface area contributed by atoms with Gasteiger partial charge < -0.3 is 0 Å². The van der Waals surface area contributed by atoms with E-state index >= 15 is 0 Å². The molecule has 0 aliphatic carbocycles. The van der Waals surface area contributed by atoms with Crippen LogP contribution in [0.15, 0.2) is 58.3 Å². The van der Waals surface area contributed by atoms with Crippen molar-refractivity contribution < 1.29 is 13.3 Å². The summed E-state index contributed by atoms with van der Waals surface area (Å²) >= 11 is 1.51. The molecule has 2 aromatic carbocycles. The molecule has 2 rings (SSSR count). The third-order valence-corrected chi connectivity index (χ3v) is 5.56. The maximum absolute atomic E-state index is 12.2. The maximum Gasteiger partial charge on any atom is 0.289 e. The van der Waals surface area contributed by atoms with E-state index in [0.717, 1.165) is 10.5 Å².